The molecule has 0 N–H and O–H groups in total. The molecular weight excluding hydrogens is 436 g/mol. The maximum atomic E-state index is 13.8. The Morgan fingerprint density at radius 3 is 2.33 bits per heavy atom. The van der Waals surface area contributed by atoms with E-state index in [1.807, 2.05) is 53.4 Å². The highest BCUT2D eigenvalue weighted by Gasteiger charge is 2.42. The van der Waals surface area contributed by atoms with Crippen molar-refractivity contribution in [3.05, 3.63) is 64.7 Å². The fourth-order valence-electron chi connectivity index (χ4n) is 4.82. The Balaban J connectivity index is 1.60. The summed E-state index contributed by atoms with van der Waals surface area (Å²) in [6.45, 7) is 3.34. The minimum absolute atomic E-state index is 0.0107. The topological polar surface area (TPSA) is 49.9 Å². The molecule has 0 unspecified atom stereocenters. The standard InChI is InChI=1S/C27H33ClN2O3/c1-2-3-17-33-24-15-11-21(12-16-24)26-27(32)29(23-7-5-4-6-8-23)19-25(31)30(26)18-20-9-13-22(28)14-10-20/h9-16,23,26H,2-8,17-19H2,1H3/t26-/m0/s1. The number of unbranched alkanes of at least 4 members (excludes halogenated alkanes) is 1. The van der Waals surface area contributed by atoms with Crippen LogP contribution >= 0.6 is 11.6 Å². The van der Waals surface area contributed by atoms with Crippen LogP contribution in [-0.4, -0.2) is 40.8 Å². The molecule has 0 radical (unpaired) electrons. The van der Waals surface area contributed by atoms with Gasteiger partial charge in [0, 0.05) is 17.6 Å². The van der Waals surface area contributed by atoms with Gasteiger partial charge in [0.1, 0.15) is 18.3 Å². The molecule has 1 aliphatic heterocycles. The highest BCUT2D eigenvalue weighted by molar-refractivity contribution is 6.30. The molecule has 1 saturated heterocycles. The van der Waals surface area contributed by atoms with Gasteiger partial charge in [-0.15, -0.1) is 0 Å². The van der Waals surface area contributed by atoms with Crippen LogP contribution in [0, 0.1) is 0 Å². The summed E-state index contributed by atoms with van der Waals surface area (Å²) in [5.74, 6) is 0.800. The molecule has 1 atom stereocenters. The number of ether oxygens (including phenoxy) is 1. The zero-order chi connectivity index (χ0) is 23.2. The van der Waals surface area contributed by atoms with E-state index in [2.05, 4.69) is 6.92 Å². The van der Waals surface area contributed by atoms with Gasteiger partial charge in [-0.3, -0.25) is 9.59 Å². The van der Waals surface area contributed by atoms with Crippen LogP contribution in [-0.2, 0) is 16.1 Å². The number of carbonyl (C=O) groups excluding carboxylic acids is 2. The summed E-state index contributed by atoms with van der Waals surface area (Å²) in [6.07, 6.45) is 7.48. The number of hydrogen-bond donors (Lipinski definition) is 0. The molecule has 33 heavy (non-hydrogen) atoms. The molecule has 1 aliphatic carbocycles. The molecule has 2 aromatic carbocycles. The van der Waals surface area contributed by atoms with Gasteiger partial charge in [-0.05, 0) is 54.7 Å². The molecule has 1 saturated carbocycles. The molecule has 176 valence electrons. The number of hydrogen-bond acceptors (Lipinski definition) is 3. The number of halogens is 1. The molecular formula is C27H33ClN2O3. The predicted molar refractivity (Wildman–Crippen MR) is 130 cm³/mol. The summed E-state index contributed by atoms with van der Waals surface area (Å²) >= 11 is 6.04. The average Bonchev–Trinajstić information content (AvgIpc) is 2.84. The Bertz CT molecular complexity index is 939. The first-order chi connectivity index (χ1) is 16.1. The van der Waals surface area contributed by atoms with Gasteiger partial charge in [-0.25, -0.2) is 0 Å². The van der Waals surface area contributed by atoms with Crippen LogP contribution in [0.3, 0.4) is 0 Å². The minimum atomic E-state index is -0.631. The van der Waals surface area contributed by atoms with Crippen LogP contribution in [0.15, 0.2) is 48.5 Å². The second-order valence-corrected chi connectivity index (χ2v) is 9.52. The molecule has 4 rings (SSSR count). The number of piperazine rings is 1. The van der Waals surface area contributed by atoms with Crippen molar-refractivity contribution in [3.63, 3.8) is 0 Å². The molecule has 2 fully saturated rings. The van der Waals surface area contributed by atoms with Crippen LogP contribution < -0.4 is 4.74 Å². The van der Waals surface area contributed by atoms with Crippen molar-refractivity contribution in [1.29, 1.82) is 0 Å². The Labute approximate surface area is 201 Å². The molecule has 2 aromatic rings. The third-order valence-electron chi connectivity index (χ3n) is 6.70. The maximum Gasteiger partial charge on any atom is 0.250 e. The van der Waals surface area contributed by atoms with Crippen molar-refractivity contribution >= 4 is 23.4 Å². The lowest BCUT2D eigenvalue weighted by Crippen LogP contribution is -2.58. The van der Waals surface area contributed by atoms with E-state index in [9.17, 15) is 9.59 Å². The predicted octanol–water partition coefficient (Wildman–Crippen LogP) is 5.76. The van der Waals surface area contributed by atoms with Gasteiger partial charge in [-0.2, -0.15) is 0 Å². The van der Waals surface area contributed by atoms with Crippen molar-refractivity contribution in [2.24, 2.45) is 0 Å². The van der Waals surface area contributed by atoms with Gasteiger partial charge in [0.15, 0.2) is 0 Å². The third-order valence-corrected chi connectivity index (χ3v) is 6.95. The molecule has 6 heteroatoms. The molecule has 0 aromatic heterocycles. The number of benzene rings is 2. The lowest BCUT2D eigenvalue weighted by molar-refractivity contribution is -0.160. The highest BCUT2D eigenvalue weighted by Crippen LogP contribution is 2.34. The van der Waals surface area contributed by atoms with Gasteiger partial charge >= 0.3 is 0 Å². The average molecular weight is 469 g/mol. The van der Waals surface area contributed by atoms with Crippen molar-refractivity contribution in [1.82, 2.24) is 9.80 Å². The minimum Gasteiger partial charge on any atom is -0.494 e. The van der Waals surface area contributed by atoms with Crippen LogP contribution in [0.25, 0.3) is 0 Å². The fraction of sp³-hybridized carbons (Fsp3) is 0.481. The summed E-state index contributed by atoms with van der Waals surface area (Å²) in [4.78, 5) is 30.7. The normalized spacial score (nSPS) is 19.8. The zero-order valence-electron chi connectivity index (χ0n) is 19.3. The quantitative estimate of drug-likeness (QED) is 0.462. The first-order valence-electron chi connectivity index (χ1n) is 12.1. The molecule has 2 amide bonds. The molecule has 0 spiro atoms. The van der Waals surface area contributed by atoms with Gasteiger partial charge < -0.3 is 14.5 Å². The molecule has 5 nitrogen and oxygen atoms in total. The van der Waals surface area contributed by atoms with Gasteiger partial charge in [0.25, 0.3) is 5.91 Å². The van der Waals surface area contributed by atoms with E-state index in [1.165, 1.54) is 6.42 Å². The Kier molecular flexibility index (Phi) is 7.92. The van der Waals surface area contributed by atoms with Crippen molar-refractivity contribution < 1.29 is 14.3 Å². The van der Waals surface area contributed by atoms with E-state index >= 15 is 0 Å². The second kappa shape index (κ2) is 11.1. The second-order valence-electron chi connectivity index (χ2n) is 9.08. The van der Waals surface area contributed by atoms with Gasteiger partial charge in [0.05, 0.1) is 6.61 Å². The summed E-state index contributed by atoms with van der Waals surface area (Å²) in [6, 6.07) is 14.7. The van der Waals surface area contributed by atoms with E-state index in [4.69, 9.17) is 16.3 Å². The van der Waals surface area contributed by atoms with Gasteiger partial charge in [-0.1, -0.05) is 68.5 Å². The van der Waals surface area contributed by atoms with E-state index < -0.39 is 6.04 Å². The monoisotopic (exact) mass is 468 g/mol. The van der Waals surface area contributed by atoms with Crippen molar-refractivity contribution in [3.8, 4) is 5.75 Å². The highest BCUT2D eigenvalue weighted by atomic mass is 35.5. The molecule has 2 aliphatic rings. The van der Waals surface area contributed by atoms with Crippen LogP contribution in [0.5, 0.6) is 5.75 Å². The summed E-state index contributed by atoms with van der Waals surface area (Å²) < 4.78 is 5.80. The third kappa shape index (κ3) is 5.70. The summed E-state index contributed by atoms with van der Waals surface area (Å²) in [5.41, 5.74) is 1.78. The van der Waals surface area contributed by atoms with Crippen molar-refractivity contribution in [2.45, 2.75) is 70.5 Å². The Morgan fingerprint density at radius 1 is 0.970 bits per heavy atom. The Hall–Kier alpha value is -2.53. The van der Waals surface area contributed by atoms with E-state index in [1.54, 1.807) is 4.90 Å². The summed E-state index contributed by atoms with van der Waals surface area (Å²) in [5, 5.41) is 0.651. The summed E-state index contributed by atoms with van der Waals surface area (Å²) in [7, 11) is 0. The molecule has 1 heterocycles. The maximum absolute atomic E-state index is 13.8. The van der Waals surface area contributed by atoms with Crippen molar-refractivity contribution in [2.75, 3.05) is 13.2 Å². The van der Waals surface area contributed by atoms with Crippen LogP contribution in [0.4, 0.5) is 0 Å². The first kappa shape index (κ1) is 23.6. The SMILES string of the molecule is CCCCOc1ccc([C@H]2C(=O)N(C3CCCCC3)CC(=O)N2Cc2ccc(Cl)cc2)cc1. The van der Waals surface area contributed by atoms with E-state index in [0.717, 1.165) is 55.4 Å². The Morgan fingerprint density at radius 2 is 1.67 bits per heavy atom. The van der Waals surface area contributed by atoms with E-state index in [-0.39, 0.29) is 24.4 Å². The smallest absolute Gasteiger partial charge is 0.250 e. The largest absolute Gasteiger partial charge is 0.494 e. The fourth-order valence-corrected chi connectivity index (χ4v) is 4.95. The van der Waals surface area contributed by atoms with Crippen LogP contribution in [0.1, 0.15) is 69.0 Å². The lowest BCUT2D eigenvalue weighted by atomic mass is 9.91. The number of rotatable bonds is 8. The van der Waals surface area contributed by atoms with Crippen LogP contribution in [0.2, 0.25) is 5.02 Å². The number of amides is 2. The van der Waals surface area contributed by atoms with Gasteiger partial charge in [0.2, 0.25) is 5.91 Å². The van der Waals surface area contributed by atoms with E-state index in [0.29, 0.717) is 18.2 Å². The zero-order valence-corrected chi connectivity index (χ0v) is 20.1. The first-order valence-corrected chi connectivity index (χ1v) is 12.5. The number of carbonyl (C=O) groups is 2. The molecule has 0 bridgehead atoms. The number of nitrogens with zero attached hydrogens (tertiary/aromatic N) is 2. The lowest BCUT2D eigenvalue weighted by Gasteiger charge is -2.44.